The Labute approximate surface area is 114 Å². The van der Waals surface area contributed by atoms with Crippen molar-refractivity contribution in [2.45, 2.75) is 6.92 Å². The van der Waals surface area contributed by atoms with Crippen LogP contribution in [-0.2, 0) is 0 Å². The molecule has 0 unspecified atom stereocenters. The second-order valence-corrected chi connectivity index (χ2v) is 4.73. The van der Waals surface area contributed by atoms with Crippen LogP contribution in [0.25, 0.3) is 21.7 Å². The summed E-state index contributed by atoms with van der Waals surface area (Å²) in [6.07, 6.45) is 0. The molecule has 4 rings (SSSR count). The van der Waals surface area contributed by atoms with Crippen LogP contribution in [0.15, 0.2) is 45.9 Å². The standard InChI is InChI=1S/C15H11N3O2/c1-8-14-13(16-15(19)18-17-8)12-10-5-3-2-4-9(10)6-7-11(12)20-14/h2-7H,1H3,(H2,16,18,19). The maximum Gasteiger partial charge on any atom is 0.339 e. The zero-order valence-corrected chi connectivity index (χ0v) is 10.7. The van der Waals surface area contributed by atoms with Crippen molar-refractivity contribution in [2.24, 2.45) is 5.10 Å². The lowest BCUT2D eigenvalue weighted by Crippen LogP contribution is -2.22. The van der Waals surface area contributed by atoms with Crippen LogP contribution in [-0.4, -0.2) is 11.7 Å². The minimum absolute atomic E-state index is 0.362. The van der Waals surface area contributed by atoms with E-state index < -0.39 is 0 Å². The number of nitrogens with zero attached hydrogens (tertiary/aromatic N) is 1. The highest BCUT2D eigenvalue weighted by atomic mass is 16.3. The highest BCUT2D eigenvalue weighted by Crippen LogP contribution is 2.37. The normalized spacial score (nSPS) is 14.4. The first-order valence-corrected chi connectivity index (χ1v) is 6.30. The number of carbonyl (C=O) groups is 1. The number of hydrogen-bond acceptors (Lipinski definition) is 3. The highest BCUT2D eigenvalue weighted by Gasteiger charge is 2.22. The first-order valence-electron chi connectivity index (χ1n) is 6.30. The number of benzene rings is 2. The topological polar surface area (TPSA) is 66.6 Å². The van der Waals surface area contributed by atoms with Gasteiger partial charge in [-0.2, -0.15) is 5.10 Å². The number of carbonyl (C=O) groups excluding carboxylic acids is 1. The third-order valence-corrected chi connectivity index (χ3v) is 3.47. The van der Waals surface area contributed by atoms with Crippen LogP contribution < -0.4 is 10.7 Å². The van der Waals surface area contributed by atoms with Gasteiger partial charge in [0, 0.05) is 0 Å². The van der Waals surface area contributed by atoms with E-state index >= 15 is 0 Å². The monoisotopic (exact) mass is 265 g/mol. The van der Waals surface area contributed by atoms with Gasteiger partial charge in [-0.15, -0.1) is 0 Å². The first kappa shape index (κ1) is 11.0. The maximum absolute atomic E-state index is 11.7. The largest absolute Gasteiger partial charge is 0.452 e. The molecule has 5 nitrogen and oxygen atoms in total. The van der Waals surface area contributed by atoms with E-state index in [0.29, 0.717) is 17.2 Å². The van der Waals surface area contributed by atoms with Crippen LogP contribution in [0.5, 0.6) is 0 Å². The van der Waals surface area contributed by atoms with E-state index in [9.17, 15) is 4.79 Å². The van der Waals surface area contributed by atoms with Crippen molar-refractivity contribution in [3.8, 4) is 0 Å². The third kappa shape index (κ3) is 1.43. The zero-order valence-electron chi connectivity index (χ0n) is 10.7. The summed E-state index contributed by atoms with van der Waals surface area (Å²) in [5.41, 5.74) is 4.47. The molecular formula is C15H11N3O2. The molecule has 0 atom stereocenters. The Balaban J connectivity index is 2.18. The Bertz CT molecular complexity index is 893. The highest BCUT2D eigenvalue weighted by molar-refractivity contribution is 6.20. The Kier molecular flexibility index (Phi) is 2.12. The molecule has 20 heavy (non-hydrogen) atoms. The number of furan rings is 1. The number of anilines is 1. The Hall–Kier alpha value is -2.82. The van der Waals surface area contributed by atoms with Crippen molar-refractivity contribution in [3.63, 3.8) is 0 Å². The van der Waals surface area contributed by atoms with Gasteiger partial charge in [0.2, 0.25) is 0 Å². The van der Waals surface area contributed by atoms with Crippen LogP contribution in [0.2, 0.25) is 0 Å². The van der Waals surface area contributed by atoms with Crippen molar-refractivity contribution in [1.82, 2.24) is 5.43 Å². The van der Waals surface area contributed by atoms with Crippen LogP contribution in [0.4, 0.5) is 10.5 Å². The summed E-state index contributed by atoms with van der Waals surface area (Å²) in [7, 11) is 0. The van der Waals surface area contributed by atoms with Gasteiger partial charge in [0.25, 0.3) is 0 Å². The number of amides is 2. The van der Waals surface area contributed by atoms with Gasteiger partial charge >= 0.3 is 6.03 Å². The van der Waals surface area contributed by atoms with Gasteiger partial charge in [-0.3, -0.25) is 0 Å². The lowest BCUT2D eigenvalue weighted by Gasteiger charge is -2.03. The van der Waals surface area contributed by atoms with E-state index in [4.69, 9.17) is 4.42 Å². The second kappa shape index (κ2) is 3.84. The summed E-state index contributed by atoms with van der Waals surface area (Å²) in [4.78, 5) is 11.7. The maximum atomic E-state index is 11.7. The Morgan fingerprint density at radius 3 is 2.90 bits per heavy atom. The van der Waals surface area contributed by atoms with Crippen LogP contribution >= 0.6 is 0 Å². The fourth-order valence-corrected chi connectivity index (χ4v) is 2.57. The molecule has 0 bridgehead atoms. The van der Waals surface area contributed by atoms with Crippen LogP contribution in [0.1, 0.15) is 12.7 Å². The molecule has 0 saturated carbocycles. The molecule has 1 aliphatic rings. The number of nitrogens with one attached hydrogen (secondary N) is 2. The van der Waals surface area contributed by atoms with Gasteiger partial charge in [0.15, 0.2) is 5.76 Å². The smallest absolute Gasteiger partial charge is 0.339 e. The Morgan fingerprint density at radius 2 is 2.00 bits per heavy atom. The van der Waals surface area contributed by atoms with Gasteiger partial charge < -0.3 is 9.73 Å². The quantitative estimate of drug-likeness (QED) is 0.653. The molecule has 0 spiro atoms. The third-order valence-electron chi connectivity index (χ3n) is 3.47. The zero-order chi connectivity index (χ0) is 13.7. The summed E-state index contributed by atoms with van der Waals surface area (Å²) in [6, 6.07) is 11.6. The van der Waals surface area contributed by atoms with E-state index in [-0.39, 0.29) is 6.03 Å². The summed E-state index contributed by atoms with van der Waals surface area (Å²) < 4.78 is 5.85. The molecule has 2 aromatic carbocycles. The van der Waals surface area contributed by atoms with E-state index in [1.165, 1.54) is 0 Å². The summed E-state index contributed by atoms with van der Waals surface area (Å²) in [5, 5.41) is 9.85. The molecule has 2 amide bonds. The number of urea groups is 1. The number of hydrazone groups is 1. The molecule has 1 aliphatic heterocycles. The van der Waals surface area contributed by atoms with Gasteiger partial charge in [-0.05, 0) is 23.8 Å². The van der Waals surface area contributed by atoms with Gasteiger partial charge in [0.1, 0.15) is 11.3 Å². The molecule has 0 saturated heterocycles. The van der Waals surface area contributed by atoms with Crippen molar-refractivity contribution >= 4 is 39.2 Å². The van der Waals surface area contributed by atoms with Crippen LogP contribution in [0.3, 0.4) is 0 Å². The minimum Gasteiger partial charge on any atom is -0.452 e. The summed E-state index contributed by atoms with van der Waals surface area (Å²) >= 11 is 0. The van der Waals surface area contributed by atoms with Gasteiger partial charge in [-0.1, -0.05) is 30.3 Å². The van der Waals surface area contributed by atoms with Gasteiger partial charge in [-0.25, -0.2) is 10.2 Å². The predicted molar refractivity (Wildman–Crippen MR) is 78.1 cm³/mol. The predicted octanol–water partition coefficient (Wildman–Crippen LogP) is 3.45. The number of hydrogen-bond donors (Lipinski definition) is 2. The molecule has 98 valence electrons. The number of fused-ring (bicyclic) bond motifs is 5. The lowest BCUT2D eigenvalue weighted by molar-refractivity contribution is 0.252. The van der Waals surface area contributed by atoms with Crippen molar-refractivity contribution in [1.29, 1.82) is 0 Å². The molecule has 5 heteroatoms. The second-order valence-electron chi connectivity index (χ2n) is 4.73. The molecule has 2 N–H and O–H groups in total. The first-order chi connectivity index (χ1) is 9.74. The average molecular weight is 265 g/mol. The minimum atomic E-state index is -0.362. The van der Waals surface area contributed by atoms with Crippen LogP contribution in [0, 0.1) is 0 Å². The summed E-state index contributed by atoms with van der Waals surface area (Å²) in [6.45, 7) is 1.80. The van der Waals surface area contributed by atoms with E-state index in [2.05, 4.69) is 15.8 Å². The Morgan fingerprint density at radius 1 is 1.15 bits per heavy atom. The molecule has 2 heterocycles. The van der Waals surface area contributed by atoms with Crippen molar-refractivity contribution < 1.29 is 9.21 Å². The molecule has 3 aromatic rings. The SMILES string of the molecule is CC1=NNC(=O)Nc2c1oc1ccc3ccccc3c21. The fraction of sp³-hybridized carbons (Fsp3) is 0.0667. The molecular weight excluding hydrogens is 254 g/mol. The van der Waals surface area contributed by atoms with E-state index in [0.717, 1.165) is 21.7 Å². The summed E-state index contributed by atoms with van der Waals surface area (Å²) in [5.74, 6) is 0.592. The van der Waals surface area contributed by atoms with E-state index in [1.54, 1.807) is 6.92 Å². The average Bonchev–Trinajstić information content (AvgIpc) is 2.77. The molecule has 1 aromatic heterocycles. The molecule has 0 aliphatic carbocycles. The van der Waals surface area contributed by atoms with Gasteiger partial charge in [0.05, 0.1) is 11.1 Å². The lowest BCUT2D eigenvalue weighted by atomic mass is 10.0. The molecule has 0 radical (unpaired) electrons. The number of rotatable bonds is 0. The van der Waals surface area contributed by atoms with Crippen molar-refractivity contribution in [3.05, 3.63) is 42.2 Å². The molecule has 0 fully saturated rings. The van der Waals surface area contributed by atoms with Crippen molar-refractivity contribution in [2.75, 3.05) is 5.32 Å². The van der Waals surface area contributed by atoms with E-state index in [1.807, 2.05) is 36.4 Å². The fourth-order valence-electron chi connectivity index (χ4n) is 2.57.